The van der Waals surface area contributed by atoms with Gasteiger partial charge in [0.15, 0.2) is 0 Å². The summed E-state index contributed by atoms with van der Waals surface area (Å²) in [6, 6.07) is 20.0. The van der Waals surface area contributed by atoms with Crippen molar-refractivity contribution < 1.29 is 0 Å². The summed E-state index contributed by atoms with van der Waals surface area (Å²) < 4.78 is 1.35. The van der Waals surface area contributed by atoms with Crippen molar-refractivity contribution in [1.29, 1.82) is 0 Å². The van der Waals surface area contributed by atoms with Gasteiger partial charge in [-0.2, -0.15) is 0 Å². The average Bonchev–Trinajstić information content (AvgIpc) is 3.00. The first-order valence-corrected chi connectivity index (χ1v) is 8.53. The average molecular weight is 295 g/mol. The quantitative estimate of drug-likeness (QED) is 0.567. The predicted molar refractivity (Wildman–Crippen MR) is 94.2 cm³/mol. The zero-order valence-electron chi connectivity index (χ0n) is 12.4. The fraction of sp³-hybridized carbons (Fsp3) is 0.263. The van der Waals surface area contributed by atoms with E-state index in [1.807, 2.05) is 0 Å². The van der Waals surface area contributed by atoms with E-state index in [1.54, 1.807) is 11.3 Å². The number of hydrogen-bond donors (Lipinski definition) is 1. The molecule has 0 bridgehead atoms. The van der Waals surface area contributed by atoms with Crippen LogP contribution in [0.5, 0.6) is 0 Å². The first-order valence-electron chi connectivity index (χ1n) is 7.65. The molecule has 21 heavy (non-hydrogen) atoms. The molecule has 3 rings (SSSR count). The van der Waals surface area contributed by atoms with Gasteiger partial charge in [0.25, 0.3) is 0 Å². The topological polar surface area (TPSA) is 12.0 Å². The highest BCUT2D eigenvalue weighted by molar-refractivity contribution is 7.17. The monoisotopic (exact) mass is 295 g/mol. The Morgan fingerprint density at radius 1 is 1.05 bits per heavy atom. The van der Waals surface area contributed by atoms with Crippen molar-refractivity contribution in [3.05, 3.63) is 65.5 Å². The van der Waals surface area contributed by atoms with Crippen LogP contribution in [0.15, 0.2) is 60.0 Å². The molecule has 1 unspecified atom stereocenters. The van der Waals surface area contributed by atoms with E-state index in [-0.39, 0.29) is 0 Å². The molecule has 0 amide bonds. The Morgan fingerprint density at radius 3 is 2.71 bits per heavy atom. The summed E-state index contributed by atoms with van der Waals surface area (Å²) in [5, 5.41) is 7.20. The summed E-state index contributed by atoms with van der Waals surface area (Å²) in [5.41, 5.74) is 2.59. The van der Waals surface area contributed by atoms with Crippen molar-refractivity contribution >= 4 is 27.1 Å². The van der Waals surface area contributed by atoms with Crippen molar-refractivity contribution in [2.24, 2.45) is 0 Å². The van der Waals surface area contributed by atoms with Gasteiger partial charge < -0.3 is 5.32 Å². The van der Waals surface area contributed by atoms with Gasteiger partial charge in [-0.1, -0.05) is 50.1 Å². The lowest BCUT2D eigenvalue weighted by Gasteiger charge is -2.20. The Balaban J connectivity index is 1.82. The largest absolute Gasteiger partial charge is 0.378 e. The molecule has 0 saturated carbocycles. The molecule has 0 aliphatic carbocycles. The lowest BCUT2D eigenvalue weighted by molar-refractivity contribution is 0.634. The molecule has 108 valence electrons. The van der Waals surface area contributed by atoms with Crippen LogP contribution in [0.1, 0.15) is 37.8 Å². The van der Waals surface area contributed by atoms with Crippen LogP contribution in [-0.2, 0) is 0 Å². The number of anilines is 1. The molecule has 2 aromatic carbocycles. The van der Waals surface area contributed by atoms with E-state index >= 15 is 0 Å². The summed E-state index contributed by atoms with van der Waals surface area (Å²) in [7, 11) is 0. The normalized spacial score (nSPS) is 12.4. The van der Waals surface area contributed by atoms with Gasteiger partial charge in [-0.25, -0.2) is 0 Å². The highest BCUT2D eigenvalue weighted by atomic mass is 32.1. The molecule has 1 heterocycles. The molecule has 1 N–H and O–H groups in total. The number of fused-ring (bicyclic) bond motifs is 1. The zero-order valence-corrected chi connectivity index (χ0v) is 13.2. The summed E-state index contributed by atoms with van der Waals surface area (Å²) in [4.78, 5) is 0. The number of unbranched alkanes of at least 4 members (excludes halogenated alkanes) is 1. The third kappa shape index (κ3) is 3.45. The summed E-state index contributed by atoms with van der Waals surface area (Å²) in [6.07, 6.45) is 3.64. The summed E-state index contributed by atoms with van der Waals surface area (Å²) in [5.74, 6) is 0. The second-order valence-electron chi connectivity index (χ2n) is 5.42. The smallest absolute Gasteiger partial charge is 0.0513 e. The lowest BCUT2D eigenvalue weighted by atomic mass is 10.0. The van der Waals surface area contributed by atoms with Crippen LogP contribution < -0.4 is 5.32 Å². The highest BCUT2D eigenvalue weighted by Gasteiger charge is 2.10. The number of hydrogen-bond acceptors (Lipinski definition) is 2. The lowest BCUT2D eigenvalue weighted by Crippen LogP contribution is -2.10. The molecule has 1 atom stereocenters. The predicted octanol–water partition coefficient (Wildman–Crippen LogP) is 6.24. The maximum atomic E-state index is 3.72. The molecule has 0 aliphatic heterocycles. The Hall–Kier alpha value is -1.80. The van der Waals surface area contributed by atoms with Crippen LogP contribution in [0.3, 0.4) is 0 Å². The zero-order chi connectivity index (χ0) is 14.5. The first kappa shape index (κ1) is 14.2. The van der Waals surface area contributed by atoms with E-state index in [0.717, 1.165) is 0 Å². The van der Waals surface area contributed by atoms with Gasteiger partial charge in [0.05, 0.1) is 6.04 Å². The van der Waals surface area contributed by atoms with E-state index < -0.39 is 0 Å². The van der Waals surface area contributed by atoms with Crippen molar-refractivity contribution in [3.63, 3.8) is 0 Å². The van der Waals surface area contributed by atoms with E-state index in [9.17, 15) is 0 Å². The molecule has 3 aromatic rings. The molecular weight excluding hydrogens is 274 g/mol. The minimum absolute atomic E-state index is 0.391. The second kappa shape index (κ2) is 6.77. The van der Waals surface area contributed by atoms with Crippen molar-refractivity contribution in [2.45, 2.75) is 32.2 Å². The van der Waals surface area contributed by atoms with Gasteiger partial charge in [-0.3, -0.25) is 0 Å². The number of rotatable bonds is 6. The fourth-order valence-electron chi connectivity index (χ4n) is 2.67. The van der Waals surface area contributed by atoms with E-state index in [1.165, 1.54) is 40.6 Å². The standard InChI is InChI=1S/C19H21NS/c1-2-3-9-18(15-7-5-4-6-8-15)20-17-10-11-19-16(14-17)12-13-21-19/h4-8,10-14,18,20H,2-3,9H2,1H3. The van der Waals surface area contributed by atoms with Gasteiger partial charge in [0, 0.05) is 10.4 Å². The Labute approximate surface area is 130 Å². The van der Waals surface area contributed by atoms with E-state index in [4.69, 9.17) is 0 Å². The minimum atomic E-state index is 0.391. The van der Waals surface area contributed by atoms with Crippen LogP contribution in [0, 0.1) is 0 Å². The number of benzene rings is 2. The van der Waals surface area contributed by atoms with Crippen LogP contribution in [0.25, 0.3) is 10.1 Å². The Morgan fingerprint density at radius 2 is 1.90 bits per heavy atom. The molecule has 1 aromatic heterocycles. The van der Waals surface area contributed by atoms with Gasteiger partial charge in [-0.05, 0) is 47.0 Å². The first-order chi connectivity index (χ1) is 10.4. The van der Waals surface area contributed by atoms with Gasteiger partial charge in [0.1, 0.15) is 0 Å². The fourth-order valence-corrected chi connectivity index (χ4v) is 3.44. The molecule has 1 nitrogen and oxygen atoms in total. The van der Waals surface area contributed by atoms with Gasteiger partial charge in [-0.15, -0.1) is 11.3 Å². The third-order valence-electron chi connectivity index (χ3n) is 3.84. The molecule has 0 aliphatic rings. The SMILES string of the molecule is CCCCC(Nc1ccc2sccc2c1)c1ccccc1. The van der Waals surface area contributed by atoms with Crippen LogP contribution in [-0.4, -0.2) is 0 Å². The number of thiophene rings is 1. The molecule has 0 spiro atoms. The third-order valence-corrected chi connectivity index (χ3v) is 4.74. The molecule has 0 saturated heterocycles. The Bertz CT molecular complexity index is 687. The van der Waals surface area contributed by atoms with Gasteiger partial charge in [0.2, 0.25) is 0 Å². The van der Waals surface area contributed by atoms with Crippen LogP contribution in [0.2, 0.25) is 0 Å². The van der Waals surface area contributed by atoms with Crippen molar-refractivity contribution in [3.8, 4) is 0 Å². The molecule has 0 radical (unpaired) electrons. The van der Waals surface area contributed by atoms with Crippen molar-refractivity contribution in [2.75, 3.05) is 5.32 Å². The van der Waals surface area contributed by atoms with E-state index in [2.05, 4.69) is 72.2 Å². The minimum Gasteiger partial charge on any atom is -0.378 e. The van der Waals surface area contributed by atoms with E-state index in [0.29, 0.717) is 6.04 Å². The summed E-state index contributed by atoms with van der Waals surface area (Å²) >= 11 is 1.80. The maximum Gasteiger partial charge on any atom is 0.0513 e. The van der Waals surface area contributed by atoms with Crippen molar-refractivity contribution in [1.82, 2.24) is 0 Å². The Kier molecular flexibility index (Phi) is 4.56. The second-order valence-corrected chi connectivity index (χ2v) is 6.37. The highest BCUT2D eigenvalue weighted by Crippen LogP contribution is 2.28. The van der Waals surface area contributed by atoms with Crippen LogP contribution in [0.4, 0.5) is 5.69 Å². The number of nitrogens with one attached hydrogen (secondary N) is 1. The van der Waals surface area contributed by atoms with Crippen LogP contribution >= 0.6 is 11.3 Å². The maximum absolute atomic E-state index is 3.72. The molecule has 0 fully saturated rings. The molecular formula is C19H21NS. The molecule has 2 heteroatoms. The summed E-state index contributed by atoms with van der Waals surface area (Å²) in [6.45, 7) is 2.25. The van der Waals surface area contributed by atoms with Gasteiger partial charge >= 0.3 is 0 Å².